The molecular formula is C14H22. The van der Waals surface area contributed by atoms with Crippen molar-refractivity contribution >= 4 is 6.08 Å². The average molecular weight is 190 g/mol. The van der Waals surface area contributed by atoms with Crippen LogP contribution in [0.25, 0.3) is 6.08 Å². The Morgan fingerprint density at radius 1 is 1.00 bits per heavy atom. The predicted octanol–water partition coefficient (Wildman–Crippen LogP) is 4.69. The first-order chi connectivity index (χ1) is 6.68. The first-order valence-electron chi connectivity index (χ1n) is 5.43. The Balaban J connectivity index is 0.000000791. The van der Waals surface area contributed by atoms with E-state index in [4.69, 9.17) is 0 Å². The second-order valence-corrected chi connectivity index (χ2v) is 3.51. The van der Waals surface area contributed by atoms with Crippen molar-refractivity contribution in [1.29, 1.82) is 0 Å². The quantitative estimate of drug-likeness (QED) is 0.634. The second-order valence-electron chi connectivity index (χ2n) is 3.51. The maximum absolute atomic E-state index is 2.21. The Labute approximate surface area is 88.7 Å². The van der Waals surface area contributed by atoms with Gasteiger partial charge in [-0.15, -0.1) is 0 Å². The third-order valence-corrected chi connectivity index (χ3v) is 1.75. The van der Waals surface area contributed by atoms with Gasteiger partial charge in [0.15, 0.2) is 0 Å². The van der Waals surface area contributed by atoms with Crippen LogP contribution in [0.2, 0.25) is 0 Å². The van der Waals surface area contributed by atoms with Crippen LogP contribution < -0.4 is 0 Å². The van der Waals surface area contributed by atoms with E-state index in [1.54, 1.807) is 0 Å². The van der Waals surface area contributed by atoms with E-state index in [0.717, 1.165) is 0 Å². The topological polar surface area (TPSA) is 0 Å². The summed E-state index contributed by atoms with van der Waals surface area (Å²) >= 11 is 0. The van der Waals surface area contributed by atoms with E-state index in [0.29, 0.717) is 5.92 Å². The number of hydrogen-bond acceptors (Lipinski definition) is 0. The Morgan fingerprint density at radius 2 is 1.50 bits per heavy atom. The number of allylic oxidation sites excluding steroid dienone is 1. The number of rotatable bonds is 2. The molecule has 0 saturated heterocycles. The minimum Gasteiger partial charge on any atom is -0.0814 e. The molecule has 14 heavy (non-hydrogen) atoms. The number of aryl methyl sites for hydroxylation is 1. The lowest BCUT2D eigenvalue weighted by atomic mass is 10.1. The zero-order chi connectivity index (χ0) is 11.0. The lowest BCUT2D eigenvalue weighted by Gasteiger charge is -1.96. The molecule has 0 saturated carbocycles. The fourth-order valence-corrected chi connectivity index (χ4v) is 0.981. The van der Waals surface area contributed by atoms with Crippen LogP contribution in [0, 0.1) is 12.8 Å². The smallest absolute Gasteiger partial charge is 0.0260 e. The maximum atomic E-state index is 2.21. The molecule has 0 amide bonds. The monoisotopic (exact) mass is 190 g/mol. The van der Waals surface area contributed by atoms with E-state index in [-0.39, 0.29) is 0 Å². The van der Waals surface area contributed by atoms with Crippen LogP contribution in [-0.2, 0) is 0 Å². The first-order valence-corrected chi connectivity index (χ1v) is 5.43. The molecule has 0 atom stereocenters. The minimum atomic E-state index is 0.631. The number of benzene rings is 1. The first kappa shape index (κ1) is 13.0. The SMILES string of the molecule is CC.Cc1ccc(/C=C/C(C)C)cc1. The summed E-state index contributed by atoms with van der Waals surface area (Å²) in [4.78, 5) is 0. The molecule has 0 spiro atoms. The van der Waals surface area contributed by atoms with Gasteiger partial charge in [0.05, 0.1) is 0 Å². The van der Waals surface area contributed by atoms with Crippen molar-refractivity contribution in [1.82, 2.24) is 0 Å². The highest BCUT2D eigenvalue weighted by molar-refractivity contribution is 5.49. The van der Waals surface area contributed by atoms with Crippen molar-refractivity contribution in [3.8, 4) is 0 Å². The van der Waals surface area contributed by atoms with Gasteiger partial charge in [0.25, 0.3) is 0 Å². The highest BCUT2D eigenvalue weighted by Crippen LogP contribution is 2.06. The third kappa shape index (κ3) is 5.58. The molecule has 1 rings (SSSR count). The zero-order valence-electron chi connectivity index (χ0n) is 10.0. The van der Waals surface area contributed by atoms with Crippen LogP contribution in [0.4, 0.5) is 0 Å². The van der Waals surface area contributed by atoms with Crippen LogP contribution in [0.1, 0.15) is 38.8 Å². The summed E-state index contributed by atoms with van der Waals surface area (Å²) in [5, 5.41) is 0. The summed E-state index contributed by atoms with van der Waals surface area (Å²) < 4.78 is 0. The Hall–Kier alpha value is -1.04. The van der Waals surface area contributed by atoms with Crippen molar-refractivity contribution < 1.29 is 0 Å². The van der Waals surface area contributed by atoms with E-state index in [2.05, 4.69) is 57.2 Å². The number of hydrogen-bond donors (Lipinski definition) is 0. The lowest BCUT2D eigenvalue weighted by molar-refractivity contribution is 0.836. The van der Waals surface area contributed by atoms with Crippen LogP contribution in [0.5, 0.6) is 0 Å². The Kier molecular flexibility index (Phi) is 6.82. The normalized spacial score (nSPS) is 10.1. The summed E-state index contributed by atoms with van der Waals surface area (Å²) in [7, 11) is 0. The molecular weight excluding hydrogens is 168 g/mol. The Morgan fingerprint density at radius 3 is 1.93 bits per heavy atom. The van der Waals surface area contributed by atoms with E-state index < -0.39 is 0 Å². The van der Waals surface area contributed by atoms with E-state index >= 15 is 0 Å². The zero-order valence-corrected chi connectivity index (χ0v) is 10.0. The highest BCUT2D eigenvalue weighted by Gasteiger charge is 1.87. The maximum Gasteiger partial charge on any atom is -0.0260 e. The molecule has 0 fully saturated rings. The average Bonchev–Trinajstić information content (AvgIpc) is 2.20. The van der Waals surface area contributed by atoms with Gasteiger partial charge in [-0.1, -0.05) is 69.7 Å². The molecule has 0 heteroatoms. The van der Waals surface area contributed by atoms with Crippen molar-refractivity contribution in [2.75, 3.05) is 0 Å². The standard InChI is InChI=1S/C12H16.C2H6/c1-10(2)4-7-12-8-5-11(3)6-9-12;1-2/h4-10H,1-3H3;1-2H3/b7-4+;. The molecule has 0 aliphatic carbocycles. The largest absolute Gasteiger partial charge is 0.0814 e. The Bertz CT molecular complexity index is 252. The van der Waals surface area contributed by atoms with Crippen molar-refractivity contribution in [2.45, 2.75) is 34.6 Å². The van der Waals surface area contributed by atoms with E-state index in [1.807, 2.05) is 13.8 Å². The molecule has 0 unspecified atom stereocenters. The fourth-order valence-electron chi connectivity index (χ4n) is 0.981. The van der Waals surface area contributed by atoms with Crippen molar-refractivity contribution in [3.05, 3.63) is 41.5 Å². The van der Waals surface area contributed by atoms with Gasteiger partial charge < -0.3 is 0 Å². The molecule has 0 bridgehead atoms. The van der Waals surface area contributed by atoms with Gasteiger partial charge in [0, 0.05) is 0 Å². The summed E-state index contributed by atoms with van der Waals surface area (Å²) in [5.41, 5.74) is 2.60. The van der Waals surface area contributed by atoms with E-state index in [1.165, 1.54) is 11.1 Å². The van der Waals surface area contributed by atoms with Gasteiger partial charge in [-0.3, -0.25) is 0 Å². The fraction of sp³-hybridized carbons (Fsp3) is 0.429. The lowest BCUT2D eigenvalue weighted by Crippen LogP contribution is -1.78. The van der Waals surface area contributed by atoms with Gasteiger partial charge >= 0.3 is 0 Å². The second kappa shape index (κ2) is 7.37. The van der Waals surface area contributed by atoms with Crippen LogP contribution in [0.3, 0.4) is 0 Å². The molecule has 0 N–H and O–H groups in total. The van der Waals surface area contributed by atoms with Gasteiger partial charge in [-0.2, -0.15) is 0 Å². The van der Waals surface area contributed by atoms with Crippen LogP contribution >= 0.6 is 0 Å². The highest BCUT2D eigenvalue weighted by atomic mass is 13.9. The minimum absolute atomic E-state index is 0.631. The van der Waals surface area contributed by atoms with Crippen LogP contribution in [0.15, 0.2) is 30.3 Å². The molecule has 1 aromatic carbocycles. The molecule has 0 aromatic heterocycles. The van der Waals surface area contributed by atoms with Gasteiger partial charge in [-0.25, -0.2) is 0 Å². The molecule has 0 radical (unpaired) electrons. The summed E-state index contributed by atoms with van der Waals surface area (Å²) in [6.07, 6.45) is 4.38. The van der Waals surface area contributed by atoms with Gasteiger partial charge in [-0.05, 0) is 18.4 Å². The summed E-state index contributed by atoms with van der Waals surface area (Å²) in [6, 6.07) is 8.57. The van der Waals surface area contributed by atoms with Crippen molar-refractivity contribution in [3.63, 3.8) is 0 Å². The third-order valence-electron chi connectivity index (χ3n) is 1.75. The van der Waals surface area contributed by atoms with Gasteiger partial charge in [0.2, 0.25) is 0 Å². The summed E-state index contributed by atoms with van der Waals surface area (Å²) in [6.45, 7) is 10.5. The molecule has 0 aliphatic heterocycles. The molecule has 78 valence electrons. The van der Waals surface area contributed by atoms with E-state index in [9.17, 15) is 0 Å². The molecule has 1 aromatic rings. The van der Waals surface area contributed by atoms with Crippen LogP contribution in [-0.4, -0.2) is 0 Å². The molecule has 0 aliphatic rings. The summed E-state index contributed by atoms with van der Waals surface area (Å²) in [5.74, 6) is 0.631. The van der Waals surface area contributed by atoms with Crippen molar-refractivity contribution in [2.24, 2.45) is 5.92 Å². The molecule has 0 nitrogen and oxygen atoms in total. The predicted molar refractivity (Wildman–Crippen MR) is 66.4 cm³/mol. The molecule has 0 heterocycles. The van der Waals surface area contributed by atoms with Gasteiger partial charge in [0.1, 0.15) is 0 Å².